The first kappa shape index (κ1) is 13.6. The van der Waals surface area contributed by atoms with Crippen LogP contribution in [0.1, 0.15) is 6.92 Å². The molecule has 0 aromatic heterocycles. The first-order valence-corrected chi connectivity index (χ1v) is 6.82. The second kappa shape index (κ2) is 6.38. The van der Waals surface area contributed by atoms with Gasteiger partial charge >= 0.3 is 0 Å². The second-order valence-electron chi connectivity index (χ2n) is 4.05. The zero-order valence-electron chi connectivity index (χ0n) is 10.5. The van der Waals surface area contributed by atoms with Gasteiger partial charge in [-0.2, -0.15) is 0 Å². The fourth-order valence-corrected chi connectivity index (χ4v) is 2.43. The third kappa shape index (κ3) is 3.83. The van der Waals surface area contributed by atoms with Crippen LogP contribution in [0, 0.1) is 5.82 Å². The minimum absolute atomic E-state index is 0.139. The summed E-state index contributed by atoms with van der Waals surface area (Å²) in [5.41, 5.74) is 0.744. The summed E-state index contributed by atoms with van der Waals surface area (Å²) in [4.78, 5) is 12.5. The lowest BCUT2D eigenvalue weighted by atomic mass is 10.3. The molecule has 0 fully saturated rings. The van der Waals surface area contributed by atoms with Gasteiger partial charge in [-0.05, 0) is 31.2 Å². The number of anilines is 1. The van der Waals surface area contributed by atoms with Crippen LogP contribution < -0.4 is 5.32 Å². The highest BCUT2D eigenvalue weighted by Gasteiger charge is 2.16. The summed E-state index contributed by atoms with van der Waals surface area (Å²) < 4.78 is 13.5. The van der Waals surface area contributed by atoms with Gasteiger partial charge in [-0.15, -0.1) is 11.8 Å². The normalized spacial score (nSPS) is 11.9. The van der Waals surface area contributed by atoms with E-state index in [1.54, 1.807) is 25.1 Å². The van der Waals surface area contributed by atoms with Gasteiger partial charge < -0.3 is 5.32 Å². The van der Waals surface area contributed by atoms with Gasteiger partial charge in [-0.25, -0.2) is 4.39 Å². The predicted molar refractivity (Wildman–Crippen MR) is 76.8 cm³/mol. The van der Waals surface area contributed by atoms with E-state index in [4.69, 9.17) is 0 Å². The summed E-state index contributed by atoms with van der Waals surface area (Å²) >= 11 is 1.21. The number of carbonyl (C=O) groups is 1. The van der Waals surface area contributed by atoms with E-state index in [1.807, 2.05) is 30.3 Å². The Kier molecular flexibility index (Phi) is 4.58. The van der Waals surface area contributed by atoms with Gasteiger partial charge in [-0.3, -0.25) is 4.79 Å². The third-order valence-corrected chi connectivity index (χ3v) is 3.70. The third-order valence-electron chi connectivity index (χ3n) is 2.55. The molecule has 0 spiro atoms. The highest BCUT2D eigenvalue weighted by molar-refractivity contribution is 8.00. The Bertz CT molecular complexity index is 559. The minimum Gasteiger partial charge on any atom is -0.325 e. The van der Waals surface area contributed by atoms with Crippen LogP contribution >= 0.6 is 11.8 Å². The summed E-state index contributed by atoms with van der Waals surface area (Å²) in [7, 11) is 0. The topological polar surface area (TPSA) is 29.1 Å². The van der Waals surface area contributed by atoms with Crippen molar-refractivity contribution in [2.75, 3.05) is 5.32 Å². The molecular weight excluding hydrogens is 261 g/mol. The maximum absolute atomic E-state index is 13.5. The zero-order chi connectivity index (χ0) is 13.7. The molecule has 0 saturated heterocycles. The number of hydrogen-bond acceptors (Lipinski definition) is 2. The number of halogens is 1. The van der Waals surface area contributed by atoms with Crippen molar-refractivity contribution in [1.29, 1.82) is 0 Å². The van der Waals surface area contributed by atoms with Crippen LogP contribution in [0.25, 0.3) is 0 Å². The van der Waals surface area contributed by atoms with Crippen molar-refractivity contribution in [2.24, 2.45) is 0 Å². The van der Waals surface area contributed by atoms with E-state index in [9.17, 15) is 9.18 Å². The Hall–Kier alpha value is -1.81. The van der Waals surface area contributed by atoms with E-state index in [2.05, 4.69) is 5.32 Å². The molecule has 1 atom stereocenters. The lowest BCUT2D eigenvalue weighted by Crippen LogP contribution is -2.22. The van der Waals surface area contributed by atoms with E-state index in [-0.39, 0.29) is 17.0 Å². The summed E-state index contributed by atoms with van der Waals surface area (Å²) in [5, 5.41) is 2.44. The van der Waals surface area contributed by atoms with Crippen molar-refractivity contribution in [3.05, 3.63) is 60.4 Å². The Morgan fingerprint density at radius 2 is 1.74 bits per heavy atom. The highest BCUT2D eigenvalue weighted by atomic mass is 32.2. The summed E-state index contributed by atoms with van der Waals surface area (Å²) in [6.45, 7) is 1.76. The predicted octanol–water partition coefficient (Wildman–Crippen LogP) is 3.95. The molecule has 0 aliphatic heterocycles. The number of amides is 1. The maximum Gasteiger partial charge on any atom is 0.237 e. The van der Waals surface area contributed by atoms with Crippen molar-refractivity contribution < 1.29 is 9.18 Å². The van der Waals surface area contributed by atoms with Gasteiger partial charge in [0.2, 0.25) is 5.91 Å². The van der Waals surface area contributed by atoms with Gasteiger partial charge in [-0.1, -0.05) is 30.3 Å². The fourth-order valence-electron chi connectivity index (χ4n) is 1.55. The molecule has 0 bridgehead atoms. The molecule has 0 heterocycles. The van der Waals surface area contributed by atoms with Gasteiger partial charge in [0.1, 0.15) is 5.82 Å². The molecule has 2 rings (SSSR count). The van der Waals surface area contributed by atoms with Gasteiger partial charge in [0.15, 0.2) is 0 Å². The molecule has 0 radical (unpaired) electrons. The van der Waals surface area contributed by atoms with Gasteiger partial charge in [0.05, 0.1) is 5.25 Å². The molecule has 19 heavy (non-hydrogen) atoms. The number of carbonyl (C=O) groups excluding carboxylic acids is 1. The number of rotatable bonds is 4. The Balaban J connectivity index is 1.98. The van der Waals surface area contributed by atoms with Crippen LogP contribution in [0.2, 0.25) is 0 Å². The number of benzene rings is 2. The quantitative estimate of drug-likeness (QED) is 0.856. The highest BCUT2D eigenvalue weighted by Crippen LogP contribution is 2.26. The average Bonchev–Trinajstić information content (AvgIpc) is 2.42. The lowest BCUT2D eigenvalue weighted by Gasteiger charge is -2.12. The Morgan fingerprint density at radius 3 is 2.42 bits per heavy atom. The maximum atomic E-state index is 13.5. The monoisotopic (exact) mass is 275 g/mol. The van der Waals surface area contributed by atoms with Crippen LogP contribution in [0.5, 0.6) is 0 Å². The average molecular weight is 275 g/mol. The van der Waals surface area contributed by atoms with Crippen LogP contribution in [0.4, 0.5) is 10.1 Å². The molecule has 2 nitrogen and oxygen atoms in total. The van der Waals surface area contributed by atoms with E-state index in [0.717, 1.165) is 5.69 Å². The van der Waals surface area contributed by atoms with Gasteiger partial charge in [0, 0.05) is 10.6 Å². The van der Waals surface area contributed by atoms with E-state index in [1.165, 1.54) is 17.8 Å². The van der Waals surface area contributed by atoms with E-state index >= 15 is 0 Å². The van der Waals surface area contributed by atoms with Crippen molar-refractivity contribution in [1.82, 2.24) is 0 Å². The molecule has 98 valence electrons. The largest absolute Gasteiger partial charge is 0.325 e. The zero-order valence-corrected chi connectivity index (χ0v) is 11.3. The van der Waals surface area contributed by atoms with Crippen molar-refractivity contribution in [3.8, 4) is 0 Å². The lowest BCUT2D eigenvalue weighted by molar-refractivity contribution is -0.115. The fraction of sp³-hybridized carbons (Fsp3) is 0.133. The smallest absolute Gasteiger partial charge is 0.237 e. The molecule has 0 saturated carbocycles. The van der Waals surface area contributed by atoms with E-state index < -0.39 is 0 Å². The molecule has 1 amide bonds. The number of hydrogen-bond donors (Lipinski definition) is 1. The number of nitrogens with one attached hydrogen (secondary N) is 1. The molecule has 0 unspecified atom stereocenters. The molecule has 1 N–H and O–H groups in total. The summed E-state index contributed by atoms with van der Waals surface area (Å²) in [6, 6.07) is 15.7. The first-order chi connectivity index (χ1) is 9.16. The molecular formula is C15H14FNOS. The standard InChI is InChI=1S/C15H14FNOS/c1-11(19-14-10-6-5-9-13(14)16)15(18)17-12-7-3-2-4-8-12/h2-11H,1H3,(H,17,18)/t11-/m1/s1. The molecule has 2 aromatic carbocycles. The van der Waals surface area contributed by atoms with Crippen LogP contribution in [-0.2, 0) is 4.79 Å². The van der Waals surface area contributed by atoms with Crippen LogP contribution in [-0.4, -0.2) is 11.2 Å². The minimum atomic E-state index is -0.364. The molecule has 2 aromatic rings. The molecule has 0 aliphatic rings. The Labute approximate surface area is 116 Å². The molecule has 0 aliphatic carbocycles. The second-order valence-corrected chi connectivity index (χ2v) is 5.43. The first-order valence-electron chi connectivity index (χ1n) is 5.94. The SMILES string of the molecule is C[C@@H](Sc1ccccc1F)C(=O)Nc1ccccc1. The number of thioether (sulfide) groups is 1. The van der Waals surface area contributed by atoms with Gasteiger partial charge in [0.25, 0.3) is 0 Å². The van der Waals surface area contributed by atoms with Crippen molar-refractivity contribution in [2.45, 2.75) is 17.1 Å². The van der Waals surface area contributed by atoms with Crippen LogP contribution in [0.3, 0.4) is 0 Å². The van der Waals surface area contributed by atoms with Crippen LogP contribution in [0.15, 0.2) is 59.5 Å². The summed E-state index contributed by atoms with van der Waals surface area (Å²) in [5.74, 6) is -0.439. The Morgan fingerprint density at radius 1 is 1.11 bits per heavy atom. The van der Waals surface area contributed by atoms with E-state index in [0.29, 0.717) is 4.90 Å². The van der Waals surface area contributed by atoms with Crippen molar-refractivity contribution >= 4 is 23.4 Å². The molecule has 4 heteroatoms. The summed E-state index contributed by atoms with van der Waals surface area (Å²) in [6.07, 6.45) is 0. The number of para-hydroxylation sites is 1. The van der Waals surface area contributed by atoms with Crippen molar-refractivity contribution in [3.63, 3.8) is 0 Å².